The Balaban J connectivity index is 2.16. The summed E-state index contributed by atoms with van der Waals surface area (Å²) in [6.07, 6.45) is 4.43. The van der Waals surface area contributed by atoms with Crippen molar-refractivity contribution in [3.05, 3.63) is 64.4 Å². The first-order valence-electron chi connectivity index (χ1n) is 5.40. The van der Waals surface area contributed by atoms with Gasteiger partial charge in [0.05, 0.1) is 6.04 Å². The van der Waals surface area contributed by atoms with E-state index in [1.54, 1.807) is 6.20 Å². The molecule has 1 heterocycles. The smallest absolute Gasteiger partial charge is 0.0515 e. The van der Waals surface area contributed by atoms with Crippen molar-refractivity contribution < 1.29 is 0 Å². The number of hydrogen-bond donors (Lipinski definition) is 2. The molecule has 3 N–H and O–H groups in total. The monoisotopic (exact) mass is 291 g/mol. The lowest BCUT2D eigenvalue weighted by Crippen LogP contribution is -2.29. The van der Waals surface area contributed by atoms with E-state index in [1.807, 2.05) is 30.5 Å². The lowest BCUT2D eigenvalue weighted by molar-refractivity contribution is 0.550. The maximum Gasteiger partial charge on any atom is 0.0515 e. The largest absolute Gasteiger partial charge is 0.271 e. The van der Waals surface area contributed by atoms with Crippen molar-refractivity contribution in [2.24, 2.45) is 5.84 Å². The van der Waals surface area contributed by atoms with E-state index in [1.165, 1.54) is 5.56 Å². The second-order valence-electron chi connectivity index (χ2n) is 3.84. The summed E-state index contributed by atoms with van der Waals surface area (Å²) in [6, 6.07) is 12.2. The third kappa shape index (κ3) is 3.36. The standard InChI is InChI=1S/C13H14BrN3/c14-12-5-1-3-10(7-12)8-13(17-15)11-4-2-6-16-9-11/h1-7,9,13,17H,8,15H2. The predicted molar refractivity (Wildman–Crippen MR) is 72.1 cm³/mol. The highest BCUT2D eigenvalue weighted by Crippen LogP contribution is 2.19. The molecular formula is C13H14BrN3. The number of nitrogens with two attached hydrogens (primary N) is 1. The van der Waals surface area contributed by atoms with Crippen LogP contribution in [0.1, 0.15) is 17.2 Å². The summed E-state index contributed by atoms with van der Waals surface area (Å²) in [5, 5.41) is 0. The maximum absolute atomic E-state index is 5.60. The van der Waals surface area contributed by atoms with Gasteiger partial charge in [-0.05, 0) is 35.7 Å². The van der Waals surface area contributed by atoms with E-state index in [0.29, 0.717) is 0 Å². The maximum atomic E-state index is 5.60. The fraction of sp³-hybridized carbons (Fsp3) is 0.154. The average Bonchev–Trinajstić information content (AvgIpc) is 2.37. The molecule has 0 spiro atoms. The number of rotatable bonds is 4. The molecule has 2 aromatic rings. The summed E-state index contributed by atoms with van der Waals surface area (Å²) >= 11 is 3.47. The van der Waals surface area contributed by atoms with Crippen LogP contribution < -0.4 is 11.3 Å². The van der Waals surface area contributed by atoms with Gasteiger partial charge in [-0.3, -0.25) is 16.3 Å². The Morgan fingerprint density at radius 3 is 2.82 bits per heavy atom. The molecule has 0 saturated heterocycles. The number of hydrazine groups is 1. The van der Waals surface area contributed by atoms with Crippen molar-refractivity contribution in [2.75, 3.05) is 0 Å². The molecule has 1 atom stereocenters. The summed E-state index contributed by atoms with van der Waals surface area (Å²) < 4.78 is 1.08. The molecule has 3 nitrogen and oxygen atoms in total. The van der Waals surface area contributed by atoms with E-state index in [-0.39, 0.29) is 6.04 Å². The molecule has 1 aromatic heterocycles. The van der Waals surface area contributed by atoms with Crippen LogP contribution in [0.5, 0.6) is 0 Å². The minimum Gasteiger partial charge on any atom is -0.271 e. The zero-order chi connectivity index (χ0) is 12.1. The molecular weight excluding hydrogens is 278 g/mol. The summed E-state index contributed by atoms with van der Waals surface area (Å²) in [7, 11) is 0. The number of pyridine rings is 1. The lowest BCUT2D eigenvalue weighted by atomic mass is 10.0. The van der Waals surface area contributed by atoms with Crippen molar-refractivity contribution in [3.8, 4) is 0 Å². The highest BCUT2D eigenvalue weighted by atomic mass is 79.9. The number of aromatic nitrogens is 1. The second-order valence-corrected chi connectivity index (χ2v) is 4.76. The van der Waals surface area contributed by atoms with Gasteiger partial charge in [-0.25, -0.2) is 0 Å². The fourth-order valence-corrected chi connectivity index (χ4v) is 2.20. The third-order valence-corrected chi connectivity index (χ3v) is 3.11. The van der Waals surface area contributed by atoms with Crippen molar-refractivity contribution in [1.29, 1.82) is 0 Å². The molecule has 0 fully saturated rings. The van der Waals surface area contributed by atoms with E-state index >= 15 is 0 Å². The molecule has 17 heavy (non-hydrogen) atoms. The first kappa shape index (κ1) is 12.2. The Kier molecular flexibility index (Phi) is 4.25. The first-order chi connectivity index (χ1) is 8.29. The highest BCUT2D eigenvalue weighted by Gasteiger charge is 2.10. The summed E-state index contributed by atoms with van der Waals surface area (Å²) in [4.78, 5) is 4.11. The van der Waals surface area contributed by atoms with E-state index in [4.69, 9.17) is 5.84 Å². The normalized spacial score (nSPS) is 12.4. The zero-order valence-corrected chi connectivity index (χ0v) is 10.9. The summed E-state index contributed by atoms with van der Waals surface area (Å²) in [6.45, 7) is 0. The SMILES string of the molecule is NNC(Cc1cccc(Br)c1)c1cccnc1. The van der Waals surface area contributed by atoms with Gasteiger partial charge in [-0.2, -0.15) is 0 Å². The average molecular weight is 292 g/mol. The predicted octanol–water partition coefficient (Wildman–Crippen LogP) is 2.59. The number of hydrogen-bond acceptors (Lipinski definition) is 3. The molecule has 0 aliphatic heterocycles. The molecule has 88 valence electrons. The molecule has 1 aromatic carbocycles. The van der Waals surface area contributed by atoms with E-state index in [2.05, 4.69) is 38.5 Å². The zero-order valence-electron chi connectivity index (χ0n) is 9.31. The summed E-state index contributed by atoms with van der Waals surface area (Å²) in [5.41, 5.74) is 5.15. The van der Waals surface area contributed by atoms with Crippen LogP contribution in [-0.2, 0) is 6.42 Å². The van der Waals surface area contributed by atoms with Crippen LogP contribution in [0.3, 0.4) is 0 Å². The van der Waals surface area contributed by atoms with Crippen LogP contribution in [0, 0.1) is 0 Å². The van der Waals surface area contributed by atoms with Crippen LogP contribution in [-0.4, -0.2) is 4.98 Å². The minimum atomic E-state index is 0.0815. The van der Waals surface area contributed by atoms with Gasteiger partial charge >= 0.3 is 0 Å². The van der Waals surface area contributed by atoms with Crippen LogP contribution >= 0.6 is 15.9 Å². The van der Waals surface area contributed by atoms with E-state index in [9.17, 15) is 0 Å². The van der Waals surface area contributed by atoms with Gasteiger partial charge in [0, 0.05) is 16.9 Å². The molecule has 0 amide bonds. The summed E-state index contributed by atoms with van der Waals surface area (Å²) in [5.74, 6) is 5.60. The third-order valence-electron chi connectivity index (χ3n) is 2.62. The Hall–Kier alpha value is -1.23. The Labute approximate surface area is 109 Å². The second kappa shape index (κ2) is 5.91. The first-order valence-corrected chi connectivity index (χ1v) is 6.19. The van der Waals surface area contributed by atoms with Gasteiger partial charge in [0.15, 0.2) is 0 Å². The van der Waals surface area contributed by atoms with Gasteiger partial charge < -0.3 is 0 Å². The highest BCUT2D eigenvalue weighted by molar-refractivity contribution is 9.10. The molecule has 0 saturated carbocycles. The van der Waals surface area contributed by atoms with Gasteiger partial charge in [-0.15, -0.1) is 0 Å². The van der Waals surface area contributed by atoms with Gasteiger partial charge in [0.2, 0.25) is 0 Å². The van der Waals surface area contributed by atoms with Crippen molar-refractivity contribution >= 4 is 15.9 Å². The minimum absolute atomic E-state index is 0.0815. The molecule has 2 rings (SSSR count). The Bertz CT molecular complexity index is 473. The topological polar surface area (TPSA) is 50.9 Å². The molecule has 1 unspecified atom stereocenters. The molecule has 0 bridgehead atoms. The Morgan fingerprint density at radius 2 is 2.18 bits per heavy atom. The van der Waals surface area contributed by atoms with E-state index < -0.39 is 0 Å². The van der Waals surface area contributed by atoms with Crippen LogP contribution in [0.15, 0.2) is 53.3 Å². The fourth-order valence-electron chi connectivity index (χ4n) is 1.75. The number of halogens is 1. The van der Waals surface area contributed by atoms with Crippen molar-refractivity contribution in [3.63, 3.8) is 0 Å². The number of nitrogens with one attached hydrogen (secondary N) is 1. The van der Waals surface area contributed by atoms with Gasteiger partial charge in [0.25, 0.3) is 0 Å². The molecule has 0 aliphatic carbocycles. The van der Waals surface area contributed by atoms with Crippen LogP contribution in [0.2, 0.25) is 0 Å². The quantitative estimate of drug-likeness (QED) is 0.672. The van der Waals surface area contributed by atoms with E-state index in [0.717, 1.165) is 16.5 Å². The van der Waals surface area contributed by atoms with Crippen LogP contribution in [0.4, 0.5) is 0 Å². The lowest BCUT2D eigenvalue weighted by Gasteiger charge is -2.16. The van der Waals surface area contributed by atoms with Crippen molar-refractivity contribution in [2.45, 2.75) is 12.5 Å². The molecule has 4 heteroatoms. The van der Waals surface area contributed by atoms with Gasteiger partial charge in [0.1, 0.15) is 0 Å². The molecule has 0 aliphatic rings. The number of benzene rings is 1. The Morgan fingerprint density at radius 1 is 1.29 bits per heavy atom. The van der Waals surface area contributed by atoms with Crippen LogP contribution in [0.25, 0.3) is 0 Å². The molecule has 0 radical (unpaired) electrons. The number of nitrogens with zero attached hydrogens (tertiary/aromatic N) is 1. The van der Waals surface area contributed by atoms with Crippen molar-refractivity contribution in [1.82, 2.24) is 10.4 Å². The van der Waals surface area contributed by atoms with Gasteiger partial charge in [-0.1, -0.05) is 34.1 Å².